The molecule has 0 unspecified atom stereocenters. The minimum absolute atomic E-state index is 0.0962. The van der Waals surface area contributed by atoms with Crippen LogP contribution in [0.2, 0.25) is 0 Å². The van der Waals surface area contributed by atoms with Gasteiger partial charge in [-0.1, -0.05) is 97.1 Å². The predicted molar refractivity (Wildman–Crippen MR) is 158 cm³/mol. The Labute approximate surface area is 224 Å². The summed E-state index contributed by atoms with van der Waals surface area (Å²) in [5.41, 5.74) is 8.46. The number of hydrogen-bond acceptors (Lipinski definition) is 4. The van der Waals surface area contributed by atoms with Crippen LogP contribution in [0.4, 0.5) is 0 Å². The van der Waals surface area contributed by atoms with Crippen LogP contribution in [0, 0.1) is 0 Å². The number of nitrogens with zero attached hydrogens (tertiary/aromatic N) is 4. The number of rotatable bonds is 8. The molecule has 0 saturated carbocycles. The van der Waals surface area contributed by atoms with Gasteiger partial charge in [-0.2, -0.15) is 0 Å². The summed E-state index contributed by atoms with van der Waals surface area (Å²) >= 11 is 0. The van der Waals surface area contributed by atoms with Crippen molar-refractivity contribution in [3.63, 3.8) is 0 Å². The Morgan fingerprint density at radius 2 is 0.842 bits per heavy atom. The van der Waals surface area contributed by atoms with Crippen molar-refractivity contribution >= 4 is 12.4 Å². The summed E-state index contributed by atoms with van der Waals surface area (Å²) in [5.74, 6) is 0. The van der Waals surface area contributed by atoms with Crippen LogP contribution in [0.3, 0.4) is 0 Å². The van der Waals surface area contributed by atoms with Crippen LogP contribution in [-0.4, -0.2) is 22.4 Å². The van der Waals surface area contributed by atoms with E-state index in [0.717, 1.165) is 33.6 Å². The molecule has 0 spiro atoms. The maximum Gasteiger partial charge on any atom is 0.0808 e. The van der Waals surface area contributed by atoms with Gasteiger partial charge in [0.05, 0.1) is 23.5 Å². The number of hydrogen-bond donors (Lipinski definition) is 0. The standard InChI is InChI=1S/C34H30N4/c1-25(27-9-5-3-6-10-27)35-23-33-19-17-31(21-37-33)29-13-15-30(16-14-29)32-18-20-34(38-22-32)24-36-26(2)28-11-7-4-8-12-28/h3-26H,1-2H3/t25-,26-/m0/s1. The molecule has 0 aliphatic heterocycles. The Balaban J connectivity index is 1.21. The molecule has 0 aliphatic carbocycles. The van der Waals surface area contributed by atoms with Crippen LogP contribution >= 0.6 is 0 Å². The van der Waals surface area contributed by atoms with E-state index in [2.05, 4.69) is 94.5 Å². The van der Waals surface area contributed by atoms with Crippen LogP contribution in [0.5, 0.6) is 0 Å². The highest BCUT2D eigenvalue weighted by Crippen LogP contribution is 2.25. The second kappa shape index (κ2) is 12.0. The second-order valence-electron chi connectivity index (χ2n) is 9.25. The van der Waals surface area contributed by atoms with Gasteiger partial charge in [-0.3, -0.25) is 20.0 Å². The lowest BCUT2D eigenvalue weighted by Crippen LogP contribution is -1.93. The fourth-order valence-electron chi connectivity index (χ4n) is 4.17. The fraction of sp³-hybridized carbons (Fsp3) is 0.118. The van der Waals surface area contributed by atoms with Gasteiger partial charge in [-0.15, -0.1) is 0 Å². The molecule has 3 aromatic carbocycles. The van der Waals surface area contributed by atoms with Crippen LogP contribution in [0.25, 0.3) is 22.3 Å². The quantitative estimate of drug-likeness (QED) is 0.204. The summed E-state index contributed by atoms with van der Waals surface area (Å²) in [5, 5.41) is 0. The molecule has 0 fully saturated rings. The third-order valence-electron chi connectivity index (χ3n) is 6.55. The van der Waals surface area contributed by atoms with E-state index in [1.54, 1.807) is 0 Å². The first-order valence-corrected chi connectivity index (χ1v) is 12.8. The summed E-state index contributed by atoms with van der Waals surface area (Å²) in [6, 6.07) is 37.4. The molecule has 186 valence electrons. The third kappa shape index (κ3) is 6.34. The molecule has 0 amide bonds. The summed E-state index contributed by atoms with van der Waals surface area (Å²) in [4.78, 5) is 18.5. The lowest BCUT2D eigenvalue weighted by atomic mass is 10.0. The summed E-state index contributed by atoms with van der Waals surface area (Å²) in [7, 11) is 0. The maximum atomic E-state index is 4.65. The normalized spacial score (nSPS) is 13.1. The molecule has 2 aromatic heterocycles. The smallest absolute Gasteiger partial charge is 0.0808 e. The van der Waals surface area contributed by atoms with Crippen LogP contribution in [-0.2, 0) is 0 Å². The molecular weight excluding hydrogens is 464 g/mol. The number of aromatic nitrogens is 2. The van der Waals surface area contributed by atoms with Crippen molar-refractivity contribution in [2.24, 2.45) is 9.98 Å². The van der Waals surface area contributed by atoms with Crippen molar-refractivity contribution in [3.8, 4) is 22.3 Å². The highest BCUT2D eigenvalue weighted by Gasteiger charge is 2.05. The average molecular weight is 495 g/mol. The van der Waals surface area contributed by atoms with Gasteiger partial charge in [-0.05, 0) is 48.2 Å². The van der Waals surface area contributed by atoms with E-state index < -0.39 is 0 Å². The van der Waals surface area contributed by atoms with E-state index in [4.69, 9.17) is 0 Å². The maximum absolute atomic E-state index is 4.65. The van der Waals surface area contributed by atoms with Gasteiger partial charge in [0.25, 0.3) is 0 Å². The highest BCUT2D eigenvalue weighted by molar-refractivity contribution is 5.79. The van der Waals surface area contributed by atoms with Crippen LogP contribution in [0.15, 0.2) is 132 Å². The van der Waals surface area contributed by atoms with Gasteiger partial charge in [0.2, 0.25) is 0 Å². The van der Waals surface area contributed by atoms with Crippen LogP contribution < -0.4 is 0 Å². The van der Waals surface area contributed by atoms with Crippen molar-refractivity contribution in [1.82, 2.24) is 9.97 Å². The van der Waals surface area contributed by atoms with E-state index >= 15 is 0 Å². The Bertz CT molecular complexity index is 1370. The van der Waals surface area contributed by atoms with Crippen molar-refractivity contribution in [2.75, 3.05) is 0 Å². The van der Waals surface area contributed by atoms with Gasteiger partial charge >= 0.3 is 0 Å². The molecule has 2 atom stereocenters. The van der Waals surface area contributed by atoms with Gasteiger partial charge < -0.3 is 0 Å². The molecule has 0 N–H and O–H groups in total. The van der Waals surface area contributed by atoms with Gasteiger partial charge in [0, 0.05) is 35.9 Å². The minimum atomic E-state index is 0.0962. The lowest BCUT2D eigenvalue weighted by molar-refractivity contribution is 0.824. The van der Waals surface area contributed by atoms with Crippen LogP contribution in [0.1, 0.15) is 48.4 Å². The number of aliphatic imine (C=N–C) groups is 2. The zero-order valence-corrected chi connectivity index (χ0v) is 21.6. The van der Waals surface area contributed by atoms with Gasteiger partial charge in [0.15, 0.2) is 0 Å². The van der Waals surface area contributed by atoms with Gasteiger partial charge in [-0.25, -0.2) is 0 Å². The Kier molecular flexibility index (Phi) is 7.90. The SMILES string of the molecule is C[C@H](N=Cc1ccc(-c2ccc(-c3ccc(C=N[C@@H](C)c4ccccc4)nc3)cc2)cn1)c1ccccc1. The average Bonchev–Trinajstić information content (AvgIpc) is 3.00. The zero-order chi connectivity index (χ0) is 26.2. The molecule has 0 saturated heterocycles. The molecule has 2 heterocycles. The molecule has 5 rings (SSSR count). The van der Waals surface area contributed by atoms with Crippen molar-refractivity contribution in [2.45, 2.75) is 25.9 Å². The molecule has 5 aromatic rings. The first-order valence-electron chi connectivity index (χ1n) is 12.8. The van der Waals surface area contributed by atoms with E-state index in [1.807, 2.05) is 73.4 Å². The minimum Gasteiger partial charge on any atom is -0.283 e. The molecule has 0 bridgehead atoms. The molecule has 0 aliphatic rings. The first kappa shape index (κ1) is 25.0. The third-order valence-corrected chi connectivity index (χ3v) is 6.55. The zero-order valence-electron chi connectivity index (χ0n) is 21.6. The van der Waals surface area contributed by atoms with Crippen molar-refractivity contribution in [3.05, 3.63) is 144 Å². The fourth-order valence-corrected chi connectivity index (χ4v) is 4.17. The molecule has 4 heteroatoms. The Morgan fingerprint density at radius 1 is 0.474 bits per heavy atom. The largest absolute Gasteiger partial charge is 0.283 e. The monoisotopic (exact) mass is 494 g/mol. The molecule has 38 heavy (non-hydrogen) atoms. The first-order chi connectivity index (χ1) is 18.7. The van der Waals surface area contributed by atoms with E-state index in [9.17, 15) is 0 Å². The van der Waals surface area contributed by atoms with E-state index in [1.165, 1.54) is 11.1 Å². The van der Waals surface area contributed by atoms with E-state index in [-0.39, 0.29) is 12.1 Å². The van der Waals surface area contributed by atoms with Gasteiger partial charge in [0.1, 0.15) is 0 Å². The summed E-state index contributed by atoms with van der Waals surface area (Å²) in [6.07, 6.45) is 7.48. The predicted octanol–water partition coefficient (Wildman–Crippen LogP) is 8.17. The highest BCUT2D eigenvalue weighted by atomic mass is 14.8. The Morgan fingerprint density at radius 3 is 1.18 bits per heavy atom. The summed E-state index contributed by atoms with van der Waals surface area (Å²) < 4.78 is 0. The van der Waals surface area contributed by atoms with Crippen molar-refractivity contribution < 1.29 is 0 Å². The second-order valence-corrected chi connectivity index (χ2v) is 9.25. The molecular formula is C34H30N4. The number of pyridine rings is 2. The van der Waals surface area contributed by atoms with E-state index in [0.29, 0.717) is 0 Å². The Hall–Kier alpha value is -4.70. The molecule has 0 radical (unpaired) electrons. The molecule has 4 nitrogen and oxygen atoms in total. The summed E-state index contributed by atoms with van der Waals surface area (Å²) in [6.45, 7) is 4.18. The topological polar surface area (TPSA) is 50.5 Å². The number of benzene rings is 3. The van der Waals surface area contributed by atoms with Crippen molar-refractivity contribution in [1.29, 1.82) is 0 Å². The lowest BCUT2D eigenvalue weighted by Gasteiger charge is -2.07.